The summed E-state index contributed by atoms with van der Waals surface area (Å²) in [6, 6.07) is 8.92. The minimum Gasteiger partial charge on any atom is -0.256 e. The number of halogens is 2. The van der Waals surface area contributed by atoms with Gasteiger partial charge < -0.3 is 0 Å². The van der Waals surface area contributed by atoms with Gasteiger partial charge in [-0.1, -0.05) is 6.07 Å². The van der Waals surface area contributed by atoms with E-state index in [0.29, 0.717) is 5.69 Å². The number of hydrogen-bond acceptors (Lipinski definition) is 4. The van der Waals surface area contributed by atoms with Crippen LogP contribution in [0.1, 0.15) is 0 Å². The normalized spacial score (nSPS) is 8.62. The molecule has 0 N–H and O–H groups in total. The molecule has 1 aromatic heterocycles. The molecule has 0 atom stereocenters. The van der Waals surface area contributed by atoms with E-state index in [4.69, 9.17) is 0 Å². The molecule has 0 bridgehead atoms. The minimum atomic E-state index is 0. The van der Waals surface area contributed by atoms with E-state index in [2.05, 4.69) is 37.7 Å². The maximum Gasteiger partial charge on any atom is 0.117 e. The standard InChI is InChI=1S/C9H6N2O.Cl2O.Se/c12-11-9-5-1-4-8-7(9)3-2-6-10-8;1-3-2;/h1-6H;;. The average molecular weight is 324 g/mol. The maximum atomic E-state index is 10.3. The summed E-state index contributed by atoms with van der Waals surface area (Å²) in [4.78, 5) is 14.4. The Morgan fingerprint density at radius 3 is 2.50 bits per heavy atom. The minimum absolute atomic E-state index is 0. The van der Waals surface area contributed by atoms with Gasteiger partial charge >= 0.3 is 0 Å². The Morgan fingerprint density at radius 2 is 1.88 bits per heavy atom. The fourth-order valence-corrected chi connectivity index (χ4v) is 1.17. The first-order chi connectivity index (χ1) is 7.33. The molecule has 2 aromatic rings. The van der Waals surface area contributed by atoms with E-state index in [1.165, 1.54) is 0 Å². The number of nitroso groups, excluding NO2 is 1. The molecule has 0 saturated carbocycles. The van der Waals surface area contributed by atoms with Crippen LogP contribution in [0.5, 0.6) is 0 Å². The first kappa shape index (κ1) is 15.3. The monoisotopic (exact) mass is 324 g/mol. The summed E-state index contributed by atoms with van der Waals surface area (Å²) >= 11 is 8.53. The van der Waals surface area contributed by atoms with Gasteiger partial charge in [-0.15, -0.1) is 4.91 Å². The molecule has 1 aromatic carbocycles. The molecule has 16 heavy (non-hydrogen) atoms. The number of nitrogens with zero attached hydrogens (tertiary/aromatic N) is 2. The van der Waals surface area contributed by atoms with Crippen molar-refractivity contribution in [3.63, 3.8) is 0 Å². The Hall–Kier alpha value is -0.711. The number of hydrogen-bond donors (Lipinski definition) is 0. The van der Waals surface area contributed by atoms with Crippen molar-refractivity contribution in [1.82, 2.24) is 4.98 Å². The molecule has 0 unspecified atom stereocenters. The zero-order chi connectivity index (χ0) is 11.1. The smallest absolute Gasteiger partial charge is 0.117 e. The Morgan fingerprint density at radius 1 is 1.19 bits per heavy atom. The molecular weight excluding hydrogens is 318 g/mol. The Balaban J connectivity index is 0.000000511. The van der Waals surface area contributed by atoms with Gasteiger partial charge in [0.05, 0.1) is 29.2 Å². The molecule has 84 valence electrons. The molecule has 2 radical (unpaired) electrons. The van der Waals surface area contributed by atoms with Gasteiger partial charge in [0.1, 0.15) is 5.69 Å². The summed E-state index contributed by atoms with van der Waals surface area (Å²) in [5, 5.41) is 3.71. The number of aromatic nitrogens is 1. The van der Waals surface area contributed by atoms with Gasteiger partial charge in [0.25, 0.3) is 0 Å². The zero-order valence-electron chi connectivity index (χ0n) is 7.84. The second kappa shape index (κ2) is 8.44. The summed E-state index contributed by atoms with van der Waals surface area (Å²) in [6.45, 7) is 0. The van der Waals surface area contributed by atoms with Crippen LogP contribution in [0.25, 0.3) is 10.9 Å². The summed E-state index contributed by atoms with van der Waals surface area (Å²) in [5.74, 6) is 0. The molecule has 0 fully saturated rings. The third-order valence-corrected chi connectivity index (χ3v) is 1.72. The SMILES string of the molecule is ClOCl.O=Nc1cccc2ncccc12.[Se]. The van der Waals surface area contributed by atoms with Gasteiger partial charge in [0.15, 0.2) is 0 Å². The molecule has 1 heterocycles. The van der Waals surface area contributed by atoms with E-state index in [1.54, 1.807) is 24.4 Å². The van der Waals surface area contributed by atoms with Crippen LogP contribution in [-0.2, 0) is 3.84 Å². The molecule has 0 amide bonds. The van der Waals surface area contributed by atoms with Gasteiger partial charge in [-0.3, -0.25) is 4.98 Å². The van der Waals surface area contributed by atoms with E-state index in [-0.39, 0.29) is 17.1 Å². The van der Waals surface area contributed by atoms with Crippen molar-refractivity contribution in [3.8, 4) is 0 Å². The summed E-state index contributed by atoms with van der Waals surface area (Å²) in [5.41, 5.74) is 1.25. The van der Waals surface area contributed by atoms with Gasteiger partial charge in [-0.25, -0.2) is 0 Å². The van der Waals surface area contributed by atoms with Gasteiger partial charge in [-0.05, 0) is 29.4 Å². The fraction of sp³-hybridized carbons (Fsp3) is 0. The summed E-state index contributed by atoms with van der Waals surface area (Å²) in [7, 11) is 0. The number of rotatable bonds is 1. The second-order valence-corrected chi connectivity index (χ2v) is 2.96. The molecule has 4 nitrogen and oxygen atoms in total. The maximum absolute atomic E-state index is 10.3. The Kier molecular flexibility index (Phi) is 8.07. The third kappa shape index (κ3) is 4.04. The molecular formula is C9H6Cl2N2O2Se. The van der Waals surface area contributed by atoms with Crippen molar-refractivity contribution in [1.29, 1.82) is 0 Å². The topological polar surface area (TPSA) is 51.5 Å². The van der Waals surface area contributed by atoms with E-state index in [1.807, 2.05) is 12.1 Å². The van der Waals surface area contributed by atoms with Crippen molar-refractivity contribution < 1.29 is 3.84 Å². The quantitative estimate of drug-likeness (QED) is 0.595. The van der Waals surface area contributed by atoms with Crippen LogP contribution >= 0.6 is 23.7 Å². The first-order valence-corrected chi connectivity index (χ1v) is 4.51. The van der Waals surface area contributed by atoms with Crippen molar-refractivity contribution in [3.05, 3.63) is 41.4 Å². The van der Waals surface area contributed by atoms with Crippen molar-refractivity contribution >= 4 is 57.4 Å². The van der Waals surface area contributed by atoms with Crippen LogP contribution in [-0.4, -0.2) is 22.1 Å². The Bertz CT molecular complexity index is 451. The van der Waals surface area contributed by atoms with Crippen LogP contribution in [0, 0.1) is 4.91 Å². The van der Waals surface area contributed by atoms with Gasteiger partial charge in [0.2, 0.25) is 0 Å². The second-order valence-electron chi connectivity index (χ2n) is 2.50. The average Bonchev–Trinajstić information content (AvgIpc) is 2.29. The van der Waals surface area contributed by atoms with Crippen LogP contribution < -0.4 is 0 Å². The number of pyridine rings is 1. The molecule has 0 spiro atoms. The Labute approximate surface area is 113 Å². The van der Waals surface area contributed by atoms with Crippen LogP contribution in [0.2, 0.25) is 0 Å². The zero-order valence-corrected chi connectivity index (χ0v) is 11.1. The molecule has 0 aliphatic rings. The van der Waals surface area contributed by atoms with E-state index in [9.17, 15) is 4.91 Å². The molecule has 7 heteroatoms. The van der Waals surface area contributed by atoms with E-state index < -0.39 is 0 Å². The largest absolute Gasteiger partial charge is 0.256 e. The molecule has 2 rings (SSSR count). The van der Waals surface area contributed by atoms with Crippen molar-refractivity contribution in [2.75, 3.05) is 0 Å². The third-order valence-electron chi connectivity index (χ3n) is 1.72. The predicted molar refractivity (Wildman–Crippen MR) is 65.7 cm³/mol. The predicted octanol–water partition coefficient (Wildman–Crippen LogP) is 3.56. The van der Waals surface area contributed by atoms with Gasteiger partial charge in [0, 0.05) is 28.7 Å². The van der Waals surface area contributed by atoms with Crippen LogP contribution in [0.3, 0.4) is 0 Å². The van der Waals surface area contributed by atoms with Crippen molar-refractivity contribution in [2.45, 2.75) is 0 Å². The van der Waals surface area contributed by atoms with E-state index >= 15 is 0 Å². The van der Waals surface area contributed by atoms with Crippen LogP contribution in [0.4, 0.5) is 5.69 Å². The summed E-state index contributed by atoms with van der Waals surface area (Å²) < 4.78 is 3.19. The van der Waals surface area contributed by atoms with Crippen LogP contribution in [0.15, 0.2) is 41.7 Å². The first-order valence-electron chi connectivity index (χ1n) is 3.90. The number of benzene rings is 1. The van der Waals surface area contributed by atoms with E-state index in [0.717, 1.165) is 10.9 Å². The molecule has 0 saturated heterocycles. The summed E-state index contributed by atoms with van der Waals surface area (Å²) in [6.07, 6.45) is 1.69. The molecule has 0 aliphatic heterocycles. The van der Waals surface area contributed by atoms with Crippen molar-refractivity contribution in [2.24, 2.45) is 5.18 Å². The number of fused-ring (bicyclic) bond motifs is 1. The van der Waals surface area contributed by atoms with Gasteiger partial charge in [-0.2, -0.15) is 3.84 Å². The fourth-order valence-electron chi connectivity index (χ4n) is 1.17. The molecule has 0 aliphatic carbocycles.